The first-order chi connectivity index (χ1) is 14.4. The molecule has 2 N–H and O–H groups in total. The summed E-state index contributed by atoms with van der Waals surface area (Å²) >= 11 is 0. The lowest BCUT2D eigenvalue weighted by molar-refractivity contribution is -0.345. The predicted octanol–water partition coefficient (Wildman–Crippen LogP) is 3.93. The lowest BCUT2D eigenvalue weighted by atomic mass is 9.93. The van der Waals surface area contributed by atoms with Gasteiger partial charge in [-0.2, -0.15) is 10.1 Å². The summed E-state index contributed by atoms with van der Waals surface area (Å²) in [7, 11) is 0. The summed E-state index contributed by atoms with van der Waals surface area (Å²) < 4.78 is 42.9. The van der Waals surface area contributed by atoms with Crippen molar-refractivity contribution in [2.75, 3.05) is 5.32 Å². The predicted molar refractivity (Wildman–Crippen MR) is 103 cm³/mol. The van der Waals surface area contributed by atoms with E-state index >= 15 is 0 Å². The van der Waals surface area contributed by atoms with Crippen LogP contribution < -0.4 is 5.32 Å². The minimum Gasteiger partial charge on any atom is -0.351 e. The molecule has 4 aromatic heterocycles. The molecule has 0 aliphatic heterocycles. The van der Waals surface area contributed by atoms with E-state index in [2.05, 4.69) is 35.1 Å². The van der Waals surface area contributed by atoms with Crippen molar-refractivity contribution in [3.05, 3.63) is 36.9 Å². The quantitative estimate of drug-likeness (QED) is 0.523. The van der Waals surface area contributed by atoms with Gasteiger partial charge in [0.25, 0.3) is 0 Å². The highest BCUT2D eigenvalue weighted by atomic mass is 19.4. The molecule has 0 aromatic carbocycles. The first-order valence-corrected chi connectivity index (χ1v) is 9.60. The average molecular weight is 417 g/mol. The fraction of sp³-hybridized carbons (Fsp3) is 0.368. The van der Waals surface area contributed by atoms with E-state index in [1.54, 1.807) is 16.9 Å². The smallest absolute Gasteiger partial charge is 0.351 e. The molecule has 8 nitrogen and oxygen atoms in total. The SMILES string of the molecule is FC(F)(F)OC1CCC(Nc2ncc3c(-c4ccn5nccc5n4)c[nH]c3n2)CC1. The van der Waals surface area contributed by atoms with Crippen molar-refractivity contribution in [1.82, 2.24) is 29.5 Å². The van der Waals surface area contributed by atoms with Gasteiger partial charge in [-0.25, -0.2) is 14.5 Å². The molecule has 4 aromatic rings. The molecule has 0 radical (unpaired) electrons. The van der Waals surface area contributed by atoms with Gasteiger partial charge < -0.3 is 10.3 Å². The zero-order valence-corrected chi connectivity index (χ0v) is 15.7. The van der Waals surface area contributed by atoms with E-state index in [0.29, 0.717) is 37.3 Å². The third-order valence-electron chi connectivity index (χ3n) is 5.27. The topological polar surface area (TPSA) is 93.0 Å². The lowest BCUT2D eigenvalue weighted by Gasteiger charge is -2.29. The zero-order valence-electron chi connectivity index (χ0n) is 15.7. The van der Waals surface area contributed by atoms with Crippen LogP contribution in [0.4, 0.5) is 19.1 Å². The van der Waals surface area contributed by atoms with Crippen molar-refractivity contribution in [3.8, 4) is 11.3 Å². The summed E-state index contributed by atoms with van der Waals surface area (Å²) in [5.41, 5.74) is 3.06. The number of aromatic amines is 1. The summed E-state index contributed by atoms with van der Waals surface area (Å²) in [4.78, 5) is 16.6. The van der Waals surface area contributed by atoms with Gasteiger partial charge in [0.2, 0.25) is 5.95 Å². The molecule has 0 spiro atoms. The van der Waals surface area contributed by atoms with Crippen LogP contribution in [0.25, 0.3) is 27.9 Å². The fourth-order valence-corrected chi connectivity index (χ4v) is 3.85. The van der Waals surface area contributed by atoms with E-state index in [1.807, 2.05) is 24.5 Å². The number of hydrogen-bond acceptors (Lipinski definition) is 6. The molecule has 0 unspecified atom stereocenters. The van der Waals surface area contributed by atoms with Crippen molar-refractivity contribution in [2.24, 2.45) is 0 Å². The van der Waals surface area contributed by atoms with Crippen molar-refractivity contribution in [1.29, 1.82) is 0 Å². The van der Waals surface area contributed by atoms with Crippen molar-refractivity contribution in [2.45, 2.75) is 44.2 Å². The fourth-order valence-electron chi connectivity index (χ4n) is 3.85. The van der Waals surface area contributed by atoms with Gasteiger partial charge in [0.1, 0.15) is 5.65 Å². The molecule has 0 bridgehead atoms. The molecular weight excluding hydrogens is 399 g/mol. The number of fused-ring (bicyclic) bond motifs is 2. The number of H-pyrrole nitrogens is 1. The van der Waals surface area contributed by atoms with E-state index in [9.17, 15) is 13.2 Å². The molecule has 0 atom stereocenters. The Balaban J connectivity index is 1.29. The standard InChI is InChI=1S/C19H18F3N7O/c20-19(21,22)30-12-3-1-11(2-4-12)26-18-24-10-14-13(9-23-17(14)28-18)15-6-8-29-16(27-15)5-7-25-29/h5-12H,1-4H2,(H2,23,24,26,28). The van der Waals surface area contributed by atoms with Crippen LogP contribution in [-0.4, -0.2) is 48.1 Å². The Bertz CT molecular complexity index is 1180. The number of rotatable bonds is 4. The molecule has 0 saturated heterocycles. The van der Waals surface area contributed by atoms with Gasteiger partial charge >= 0.3 is 6.36 Å². The molecule has 5 rings (SSSR count). The van der Waals surface area contributed by atoms with E-state index in [4.69, 9.17) is 0 Å². The average Bonchev–Trinajstić information content (AvgIpc) is 3.34. The van der Waals surface area contributed by atoms with Crippen LogP contribution in [0.5, 0.6) is 0 Å². The number of nitrogens with one attached hydrogen (secondary N) is 2. The molecule has 4 heterocycles. The molecule has 0 amide bonds. The molecule has 1 aliphatic rings. The number of hydrogen-bond donors (Lipinski definition) is 2. The second-order valence-electron chi connectivity index (χ2n) is 7.29. The Hall–Kier alpha value is -3.21. The van der Waals surface area contributed by atoms with E-state index in [-0.39, 0.29) is 6.04 Å². The Morgan fingerprint density at radius 3 is 2.77 bits per heavy atom. The van der Waals surface area contributed by atoms with Crippen molar-refractivity contribution in [3.63, 3.8) is 0 Å². The van der Waals surface area contributed by atoms with Crippen LogP contribution in [0.15, 0.2) is 36.9 Å². The second-order valence-corrected chi connectivity index (χ2v) is 7.29. The van der Waals surface area contributed by atoms with Gasteiger partial charge in [-0.15, -0.1) is 13.2 Å². The molecule has 156 valence electrons. The molecule has 11 heteroatoms. The summed E-state index contributed by atoms with van der Waals surface area (Å²) in [6.07, 6.45) is 3.52. The second kappa shape index (κ2) is 7.24. The normalized spacial score (nSPS) is 20.1. The first kappa shape index (κ1) is 18.8. The van der Waals surface area contributed by atoms with Gasteiger partial charge in [-0.3, -0.25) is 4.74 Å². The summed E-state index contributed by atoms with van der Waals surface area (Å²) in [6.45, 7) is 0. The summed E-state index contributed by atoms with van der Waals surface area (Å²) in [5.74, 6) is 0.440. The number of aromatic nitrogens is 6. The Labute approximate surface area is 168 Å². The monoisotopic (exact) mass is 417 g/mol. The molecular formula is C19H18F3N7O. The largest absolute Gasteiger partial charge is 0.522 e. The Kier molecular flexibility index (Phi) is 4.54. The van der Waals surface area contributed by atoms with E-state index < -0.39 is 12.5 Å². The zero-order chi connectivity index (χ0) is 20.7. The van der Waals surface area contributed by atoms with Crippen molar-refractivity contribution < 1.29 is 17.9 Å². The number of ether oxygens (including phenoxy) is 1. The summed E-state index contributed by atoms with van der Waals surface area (Å²) in [5, 5.41) is 8.19. The van der Waals surface area contributed by atoms with Gasteiger partial charge in [-0.05, 0) is 31.7 Å². The molecule has 1 aliphatic carbocycles. The maximum atomic E-state index is 12.3. The first-order valence-electron chi connectivity index (χ1n) is 9.60. The van der Waals surface area contributed by atoms with E-state index in [1.165, 1.54) is 0 Å². The Morgan fingerprint density at radius 2 is 1.97 bits per heavy atom. The van der Waals surface area contributed by atoms with Gasteiger partial charge in [0, 0.05) is 41.6 Å². The number of halogens is 3. The third-order valence-corrected chi connectivity index (χ3v) is 5.27. The van der Waals surface area contributed by atoms with Gasteiger partial charge in [0.15, 0.2) is 5.65 Å². The number of anilines is 1. The maximum absolute atomic E-state index is 12.3. The highest BCUT2D eigenvalue weighted by molar-refractivity contribution is 5.92. The molecule has 1 fully saturated rings. The maximum Gasteiger partial charge on any atom is 0.522 e. The van der Waals surface area contributed by atoms with Gasteiger partial charge in [-0.1, -0.05) is 0 Å². The van der Waals surface area contributed by atoms with Crippen LogP contribution in [-0.2, 0) is 4.74 Å². The lowest BCUT2D eigenvalue weighted by Crippen LogP contribution is -2.33. The van der Waals surface area contributed by atoms with Crippen LogP contribution in [0.2, 0.25) is 0 Å². The molecule has 1 saturated carbocycles. The van der Waals surface area contributed by atoms with Gasteiger partial charge in [0.05, 0.1) is 18.0 Å². The van der Waals surface area contributed by atoms with E-state index in [0.717, 1.165) is 22.3 Å². The van der Waals surface area contributed by atoms with Crippen LogP contribution >= 0.6 is 0 Å². The summed E-state index contributed by atoms with van der Waals surface area (Å²) in [6, 6.07) is 3.71. The van der Waals surface area contributed by atoms with Crippen LogP contribution in [0.1, 0.15) is 25.7 Å². The van der Waals surface area contributed by atoms with Crippen molar-refractivity contribution >= 4 is 22.6 Å². The highest BCUT2D eigenvalue weighted by Gasteiger charge is 2.35. The van der Waals surface area contributed by atoms with Crippen LogP contribution in [0, 0.1) is 0 Å². The third kappa shape index (κ3) is 3.80. The minimum absolute atomic E-state index is 0.0101. The number of nitrogens with zero attached hydrogens (tertiary/aromatic N) is 5. The molecule has 30 heavy (non-hydrogen) atoms. The van der Waals surface area contributed by atoms with Crippen LogP contribution in [0.3, 0.4) is 0 Å². The minimum atomic E-state index is -4.58. The Morgan fingerprint density at radius 1 is 1.13 bits per heavy atom. The highest BCUT2D eigenvalue weighted by Crippen LogP contribution is 2.30. The number of alkyl halides is 3.